The molecule has 0 aromatic heterocycles. The third-order valence-corrected chi connectivity index (χ3v) is 6.68. The van der Waals surface area contributed by atoms with Crippen molar-refractivity contribution >= 4 is 51.9 Å². The molecule has 1 heterocycles. The van der Waals surface area contributed by atoms with Crippen molar-refractivity contribution in [2.24, 2.45) is 0 Å². The van der Waals surface area contributed by atoms with Gasteiger partial charge >= 0.3 is 0 Å². The van der Waals surface area contributed by atoms with Crippen molar-refractivity contribution in [2.45, 2.75) is 27.2 Å². The molecule has 2 aromatic rings. The van der Waals surface area contributed by atoms with E-state index in [9.17, 15) is 4.79 Å². The van der Waals surface area contributed by atoms with Gasteiger partial charge in [-0.2, -0.15) is 0 Å². The van der Waals surface area contributed by atoms with Gasteiger partial charge in [-0.1, -0.05) is 41.6 Å². The predicted molar refractivity (Wildman–Crippen MR) is 135 cm³/mol. The van der Waals surface area contributed by atoms with E-state index in [1.807, 2.05) is 25.1 Å². The van der Waals surface area contributed by atoms with E-state index >= 15 is 0 Å². The van der Waals surface area contributed by atoms with Crippen LogP contribution in [0.2, 0.25) is 5.02 Å². The predicted octanol–water partition coefficient (Wildman–Crippen LogP) is 6.03. The first-order chi connectivity index (χ1) is 15.3. The highest BCUT2D eigenvalue weighted by Gasteiger charge is 2.30. The molecule has 0 N–H and O–H groups in total. The van der Waals surface area contributed by atoms with Gasteiger partial charge in [0.25, 0.3) is 5.91 Å². The second-order valence-corrected chi connectivity index (χ2v) is 9.34. The lowest BCUT2D eigenvalue weighted by Crippen LogP contribution is -2.27. The first-order valence-electron chi connectivity index (χ1n) is 10.3. The molecule has 0 spiro atoms. The monoisotopic (exact) mass is 491 g/mol. The van der Waals surface area contributed by atoms with E-state index in [-0.39, 0.29) is 5.91 Å². The van der Waals surface area contributed by atoms with Crippen LogP contribution in [-0.4, -0.2) is 42.0 Å². The number of carbonyl (C=O) groups excluding carboxylic acids is 1. The molecule has 0 saturated carbocycles. The van der Waals surface area contributed by atoms with Crippen LogP contribution in [-0.2, 0) is 4.79 Å². The van der Waals surface area contributed by atoms with Crippen molar-refractivity contribution in [1.29, 1.82) is 0 Å². The van der Waals surface area contributed by atoms with Gasteiger partial charge in [-0.05, 0) is 67.8 Å². The fraction of sp³-hybridized carbons (Fsp3) is 0.333. The third kappa shape index (κ3) is 5.77. The van der Waals surface area contributed by atoms with Gasteiger partial charge < -0.3 is 14.2 Å². The van der Waals surface area contributed by atoms with E-state index in [1.54, 1.807) is 30.2 Å². The Labute approximate surface area is 203 Å². The van der Waals surface area contributed by atoms with Crippen LogP contribution in [0.4, 0.5) is 0 Å². The second kappa shape index (κ2) is 11.1. The Morgan fingerprint density at radius 2 is 1.88 bits per heavy atom. The Hall–Kier alpha value is -2.22. The van der Waals surface area contributed by atoms with Crippen LogP contribution in [0.3, 0.4) is 0 Å². The maximum atomic E-state index is 12.4. The molecule has 0 unspecified atom stereocenters. The first kappa shape index (κ1) is 24.4. The molecule has 0 radical (unpaired) electrons. The van der Waals surface area contributed by atoms with Crippen LogP contribution in [0.25, 0.3) is 6.08 Å². The Morgan fingerprint density at radius 3 is 2.53 bits per heavy atom. The van der Waals surface area contributed by atoms with E-state index in [0.717, 1.165) is 11.3 Å². The smallest absolute Gasteiger partial charge is 0.266 e. The molecule has 0 aliphatic carbocycles. The minimum absolute atomic E-state index is 0.0957. The van der Waals surface area contributed by atoms with Crippen LogP contribution in [0, 0.1) is 13.8 Å². The highest BCUT2D eigenvalue weighted by molar-refractivity contribution is 8.26. The summed E-state index contributed by atoms with van der Waals surface area (Å²) in [4.78, 5) is 14.6. The third-order valence-electron chi connectivity index (χ3n) is 5.02. The van der Waals surface area contributed by atoms with Gasteiger partial charge in [0.15, 0.2) is 11.5 Å². The molecular weight excluding hydrogens is 466 g/mol. The highest BCUT2D eigenvalue weighted by Crippen LogP contribution is 2.39. The minimum atomic E-state index is -0.0957. The molecule has 170 valence electrons. The molecular formula is C24H26ClNO4S2. The molecule has 8 heteroatoms. The molecule has 1 saturated heterocycles. The number of benzene rings is 2. The van der Waals surface area contributed by atoms with Gasteiger partial charge in [0.05, 0.1) is 30.3 Å². The molecule has 1 fully saturated rings. The largest absolute Gasteiger partial charge is 0.493 e. The van der Waals surface area contributed by atoms with Crippen LogP contribution in [0.15, 0.2) is 35.2 Å². The van der Waals surface area contributed by atoms with Crippen molar-refractivity contribution < 1.29 is 19.0 Å². The van der Waals surface area contributed by atoms with E-state index in [1.165, 1.54) is 22.9 Å². The van der Waals surface area contributed by atoms with Crippen molar-refractivity contribution in [3.05, 3.63) is 56.9 Å². The quantitative estimate of drug-likeness (QED) is 0.242. The second-order valence-electron chi connectivity index (χ2n) is 7.26. The minimum Gasteiger partial charge on any atom is -0.493 e. The Morgan fingerprint density at radius 1 is 1.12 bits per heavy atom. The lowest BCUT2D eigenvalue weighted by molar-refractivity contribution is -0.121. The number of ether oxygens (including phenoxy) is 3. The van der Waals surface area contributed by atoms with Crippen molar-refractivity contribution in [2.75, 3.05) is 26.9 Å². The number of likely N-dealkylation sites (N-methyl/N-ethyl adjacent to an activating group) is 1. The molecule has 1 amide bonds. The number of thioether (sulfide) groups is 1. The summed E-state index contributed by atoms with van der Waals surface area (Å²) in [7, 11) is 1.56. The number of amides is 1. The zero-order valence-electron chi connectivity index (χ0n) is 18.6. The SMILES string of the molecule is CCN1C(=O)/C(=C/c2cc(Cl)c(OCCCOc3ccc(C)c(C)c3)c(OC)c2)SC1=S. The number of halogens is 1. The van der Waals surface area contributed by atoms with Gasteiger partial charge in [-0.3, -0.25) is 9.69 Å². The average molecular weight is 492 g/mol. The summed E-state index contributed by atoms with van der Waals surface area (Å²) in [6, 6.07) is 9.60. The van der Waals surface area contributed by atoms with E-state index in [2.05, 4.69) is 13.8 Å². The van der Waals surface area contributed by atoms with E-state index < -0.39 is 0 Å². The van der Waals surface area contributed by atoms with Gasteiger partial charge in [-0.15, -0.1) is 0 Å². The topological polar surface area (TPSA) is 48.0 Å². The number of hydrogen-bond acceptors (Lipinski definition) is 6. The van der Waals surface area contributed by atoms with E-state index in [0.29, 0.717) is 51.9 Å². The van der Waals surface area contributed by atoms with Crippen LogP contribution in [0.1, 0.15) is 30.0 Å². The molecule has 1 aliphatic heterocycles. The molecule has 32 heavy (non-hydrogen) atoms. The van der Waals surface area contributed by atoms with Crippen LogP contribution >= 0.6 is 35.6 Å². The maximum Gasteiger partial charge on any atom is 0.266 e. The van der Waals surface area contributed by atoms with Crippen molar-refractivity contribution in [3.63, 3.8) is 0 Å². The molecule has 1 aliphatic rings. The number of hydrogen-bond donors (Lipinski definition) is 0. The fourth-order valence-electron chi connectivity index (χ4n) is 3.11. The summed E-state index contributed by atoms with van der Waals surface area (Å²) >= 11 is 13.0. The normalized spacial score (nSPS) is 14.9. The Bertz CT molecular complexity index is 1050. The number of rotatable bonds is 9. The van der Waals surface area contributed by atoms with Crippen molar-refractivity contribution in [3.8, 4) is 17.2 Å². The average Bonchev–Trinajstić information content (AvgIpc) is 3.03. The highest BCUT2D eigenvalue weighted by atomic mass is 35.5. The van der Waals surface area contributed by atoms with E-state index in [4.69, 9.17) is 38.0 Å². The molecule has 0 atom stereocenters. The number of aryl methyl sites for hydroxylation is 2. The lowest BCUT2D eigenvalue weighted by atomic mass is 10.1. The number of carbonyl (C=O) groups is 1. The summed E-state index contributed by atoms with van der Waals surface area (Å²) in [5, 5.41) is 0.414. The van der Waals surface area contributed by atoms with Gasteiger partial charge in [-0.25, -0.2) is 0 Å². The number of methoxy groups -OCH3 is 1. The molecule has 5 nitrogen and oxygen atoms in total. The Kier molecular flexibility index (Phi) is 8.45. The van der Waals surface area contributed by atoms with Gasteiger partial charge in [0, 0.05) is 13.0 Å². The van der Waals surface area contributed by atoms with Gasteiger partial charge in [0.2, 0.25) is 0 Å². The summed E-state index contributed by atoms with van der Waals surface area (Å²) < 4.78 is 17.7. The lowest BCUT2D eigenvalue weighted by Gasteiger charge is -2.14. The first-order valence-corrected chi connectivity index (χ1v) is 11.9. The van der Waals surface area contributed by atoms with Gasteiger partial charge in [0.1, 0.15) is 10.1 Å². The summed E-state index contributed by atoms with van der Waals surface area (Å²) in [5.74, 6) is 1.73. The molecule has 0 bridgehead atoms. The van der Waals surface area contributed by atoms with Crippen LogP contribution < -0.4 is 14.2 Å². The summed E-state index contributed by atoms with van der Waals surface area (Å²) in [5.41, 5.74) is 3.18. The van der Waals surface area contributed by atoms with Crippen molar-refractivity contribution in [1.82, 2.24) is 4.90 Å². The number of nitrogens with zero attached hydrogens (tertiary/aromatic N) is 1. The standard InChI is InChI=1S/C24H26ClNO4S2/c1-5-26-23(27)21(32-24(26)31)14-17-12-19(25)22(20(13-17)28-4)30-10-6-9-29-18-8-7-15(2)16(3)11-18/h7-8,11-14H,5-6,9-10H2,1-4H3/b21-14-. The Balaban J connectivity index is 1.61. The molecule has 2 aromatic carbocycles. The maximum absolute atomic E-state index is 12.4. The number of thiocarbonyl (C=S) groups is 1. The fourth-order valence-corrected chi connectivity index (χ4v) is 4.77. The molecule has 3 rings (SSSR count). The zero-order chi connectivity index (χ0) is 23.3. The van der Waals surface area contributed by atoms with Crippen LogP contribution in [0.5, 0.6) is 17.2 Å². The zero-order valence-corrected chi connectivity index (χ0v) is 21.0. The summed E-state index contributed by atoms with van der Waals surface area (Å²) in [6.07, 6.45) is 2.46. The summed E-state index contributed by atoms with van der Waals surface area (Å²) in [6.45, 7) is 7.54.